The SMILES string of the molecule is CNCC(C=N)c1cc2c(cc1C(F)F)N(c1nn(C3CCN(CC(=O)NCCCCCCCCNc4ccc(C(=O)Nc5ncc(C)s5)c(C)c4)CC3)c3c1CN(C(C)=O)CC3)CCC2. The second-order valence-electron chi connectivity index (χ2n) is 18.0. The summed E-state index contributed by atoms with van der Waals surface area (Å²) in [5.74, 6) is 0.181. The monoisotopic (exact) mass is 928 g/mol. The van der Waals surface area contributed by atoms with Gasteiger partial charge in [0.1, 0.15) is 0 Å². The number of nitrogens with zero attached hydrogens (tertiary/aromatic N) is 6. The molecular formula is C49H67F2N11O3S. The van der Waals surface area contributed by atoms with Crippen LogP contribution in [0.3, 0.4) is 0 Å². The van der Waals surface area contributed by atoms with Gasteiger partial charge in [-0.05, 0) is 100 Å². The Morgan fingerprint density at radius 2 is 1.71 bits per heavy atom. The van der Waals surface area contributed by atoms with Crippen LogP contribution in [0.1, 0.15) is 132 Å². The topological polar surface area (TPSA) is 164 Å². The number of hydrogen-bond acceptors (Lipinski definition) is 11. The number of unbranched alkanes of at least 4 members (excludes halogenated alkanes) is 5. The van der Waals surface area contributed by atoms with E-state index in [2.05, 4.69) is 40.7 Å². The molecule has 1 saturated heterocycles. The lowest BCUT2D eigenvalue weighted by Crippen LogP contribution is -2.42. The van der Waals surface area contributed by atoms with Crippen LogP contribution in [0.25, 0.3) is 0 Å². The van der Waals surface area contributed by atoms with Crippen LogP contribution >= 0.6 is 11.3 Å². The highest BCUT2D eigenvalue weighted by atomic mass is 32.1. The summed E-state index contributed by atoms with van der Waals surface area (Å²) in [5.41, 5.74) is 6.79. The van der Waals surface area contributed by atoms with Crippen molar-refractivity contribution >= 4 is 57.6 Å². The van der Waals surface area contributed by atoms with E-state index in [4.69, 9.17) is 10.5 Å². The number of aromatic nitrogens is 3. The van der Waals surface area contributed by atoms with Crippen molar-refractivity contribution < 1.29 is 23.2 Å². The first-order valence-corrected chi connectivity index (χ1v) is 24.6. The maximum atomic E-state index is 14.7. The van der Waals surface area contributed by atoms with Crippen molar-refractivity contribution in [3.8, 4) is 0 Å². The van der Waals surface area contributed by atoms with Gasteiger partial charge in [0.15, 0.2) is 10.9 Å². The highest BCUT2D eigenvalue weighted by Crippen LogP contribution is 2.43. The van der Waals surface area contributed by atoms with Gasteiger partial charge < -0.3 is 31.2 Å². The van der Waals surface area contributed by atoms with Gasteiger partial charge in [-0.15, -0.1) is 11.3 Å². The van der Waals surface area contributed by atoms with Gasteiger partial charge in [0.25, 0.3) is 12.3 Å². The van der Waals surface area contributed by atoms with Crippen molar-refractivity contribution in [1.29, 1.82) is 5.41 Å². The minimum atomic E-state index is -2.69. The third-order valence-electron chi connectivity index (χ3n) is 13.3. The summed E-state index contributed by atoms with van der Waals surface area (Å²) in [6.07, 6.45) is 10.7. The Balaban J connectivity index is 0.842. The summed E-state index contributed by atoms with van der Waals surface area (Å²) in [5, 5.41) is 26.4. The molecule has 1 fully saturated rings. The summed E-state index contributed by atoms with van der Waals surface area (Å²) in [7, 11) is 1.76. The van der Waals surface area contributed by atoms with Crippen molar-refractivity contribution in [2.75, 3.05) is 74.9 Å². The molecule has 356 valence electrons. The van der Waals surface area contributed by atoms with E-state index >= 15 is 0 Å². The number of piperidine rings is 1. The number of likely N-dealkylation sites (N-methyl/N-ethyl adjacent to an activating group) is 1. The van der Waals surface area contributed by atoms with Gasteiger partial charge in [-0.3, -0.25) is 29.3 Å². The Morgan fingerprint density at radius 1 is 0.955 bits per heavy atom. The average molecular weight is 928 g/mol. The van der Waals surface area contributed by atoms with E-state index in [9.17, 15) is 23.2 Å². The molecule has 1 atom stereocenters. The molecule has 14 nitrogen and oxygen atoms in total. The van der Waals surface area contributed by atoms with Gasteiger partial charge >= 0.3 is 0 Å². The number of amides is 3. The van der Waals surface area contributed by atoms with Crippen LogP contribution in [0, 0.1) is 19.3 Å². The van der Waals surface area contributed by atoms with E-state index in [1.54, 1.807) is 26.2 Å². The van der Waals surface area contributed by atoms with E-state index in [1.165, 1.54) is 17.6 Å². The van der Waals surface area contributed by atoms with Gasteiger partial charge in [-0.1, -0.05) is 31.7 Å². The standard InChI is InChI=1S/C49H67F2N11O3S/c1-32-24-37(13-14-39(32)48(65)57-49-56-28-33(2)66-49)54-18-9-7-5-6-8-10-19-55-45(64)31-59-21-15-38(16-22-59)62-43-17-23-60(34(3)63)30-42(43)47(58-62)61-20-11-12-35-25-40(36(27-52)29-53-4)41(46(50)51)26-44(35)61/h13-14,24-28,36,38,46,52-54H,5-12,15-23,29-31H2,1-4H3,(H,55,64)(H,56,57,65). The van der Waals surface area contributed by atoms with Crippen molar-refractivity contribution in [2.45, 2.75) is 116 Å². The average Bonchev–Trinajstić information content (AvgIpc) is 3.90. The van der Waals surface area contributed by atoms with Crippen LogP contribution in [0.15, 0.2) is 36.5 Å². The van der Waals surface area contributed by atoms with Crippen LogP contribution in [-0.4, -0.2) is 108 Å². The summed E-state index contributed by atoms with van der Waals surface area (Å²) >= 11 is 1.46. The van der Waals surface area contributed by atoms with E-state index in [-0.39, 0.29) is 29.3 Å². The molecular weight excluding hydrogens is 861 g/mol. The maximum Gasteiger partial charge on any atom is 0.264 e. The number of hydrogen-bond donors (Lipinski definition) is 5. The maximum absolute atomic E-state index is 14.7. The number of halogens is 2. The lowest BCUT2D eigenvalue weighted by Gasteiger charge is -2.34. The highest BCUT2D eigenvalue weighted by molar-refractivity contribution is 7.15. The lowest BCUT2D eigenvalue weighted by molar-refractivity contribution is -0.129. The van der Waals surface area contributed by atoms with E-state index in [0.717, 1.165) is 128 Å². The molecule has 2 aromatic carbocycles. The van der Waals surface area contributed by atoms with Crippen molar-refractivity contribution in [3.63, 3.8) is 0 Å². The first-order valence-electron chi connectivity index (χ1n) is 23.7. The fraction of sp³-hybridized carbons (Fsp3) is 0.551. The van der Waals surface area contributed by atoms with Gasteiger partial charge in [-0.25, -0.2) is 13.8 Å². The fourth-order valence-electron chi connectivity index (χ4n) is 9.70. The largest absolute Gasteiger partial charge is 0.385 e. The molecule has 7 rings (SSSR count). The molecule has 3 amide bonds. The molecule has 1 unspecified atom stereocenters. The van der Waals surface area contributed by atoms with Crippen LogP contribution in [0.5, 0.6) is 0 Å². The van der Waals surface area contributed by atoms with E-state index in [0.29, 0.717) is 61.9 Å². The zero-order chi connectivity index (χ0) is 46.7. The first-order chi connectivity index (χ1) is 31.9. The number of rotatable bonds is 21. The number of anilines is 4. The van der Waals surface area contributed by atoms with E-state index in [1.807, 2.05) is 43.0 Å². The Bertz CT molecular complexity index is 2320. The number of thiazole rings is 1. The summed E-state index contributed by atoms with van der Waals surface area (Å²) in [4.78, 5) is 49.7. The van der Waals surface area contributed by atoms with Crippen molar-refractivity contribution in [3.05, 3.63) is 80.5 Å². The summed E-state index contributed by atoms with van der Waals surface area (Å²) in [6, 6.07) is 9.43. The second kappa shape index (κ2) is 23.0. The second-order valence-corrected chi connectivity index (χ2v) is 19.3. The molecule has 0 aliphatic carbocycles. The smallest absolute Gasteiger partial charge is 0.264 e. The molecule has 0 spiro atoms. The van der Waals surface area contributed by atoms with Gasteiger partial charge in [-0.2, -0.15) is 5.10 Å². The van der Waals surface area contributed by atoms with Gasteiger partial charge in [0, 0.05) is 116 Å². The van der Waals surface area contributed by atoms with Crippen molar-refractivity contribution in [1.82, 2.24) is 35.2 Å². The first kappa shape index (κ1) is 48.7. The molecule has 2 aromatic heterocycles. The number of likely N-dealkylation sites (tertiary alicyclic amines) is 1. The predicted molar refractivity (Wildman–Crippen MR) is 259 cm³/mol. The lowest BCUT2D eigenvalue weighted by atomic mass is 9.89. The number of nitrogens with one attached hydrogen (secondary N) is 5. The van der Waals surface area contributed by atoms with Crippen molar-refractivity contribution in [2.24, 2.45) is 0 Å². The van der Waals surface area contributed by atoms with Gasteiger partial charge in [0.2, 0.25) is 11.8 Å². The molecule has 0 saturated carbocycles. The molecule has 5 heterocycles. The van der Waals surface area contributed by atoms with Crippen LogP contribution in [0.2, 0.25) is 0 Å². The normalized spacial score (nSPS) is 15.9. The number of carbonyl (C=O) groups is 3. The molecule has 66 heavy (non-hydrogen) atoms. The predicted octanol–water partition coefficient (Wildman–Crippen LogP) is 8.29. The molecule has 0 bridgehead atoms. The zero-order valence-electron chi connectivity index (χ0n) is 39.0. The number of carbonyl (C=O) groups excluding carboxylic acids is 3. The molecule has 17 heteroatoms. The van der Waals surface area contributed by atoms with Crippen LogP contribution in [-0.2, 0) is 29.0 Å². The number of alkyl halides is 2. The minimum Gasteiger partial charge on any atom is -0.385 e. The molecule has 3 aliphatic heterocycles. The zero-order valence-corrected chi connectivity index (χ0v) is 39.8. The van der Waals surface area contributed by atoms with Crippen LogP contribution in [0.4, 0.5) is 31.1 Å². The summed E-state index contributed by atoms with van der Waals surface area (Å²) in [6.45, 7) is 11.0. The molecule has 3 aliphatic rings. The number of benzene rings is 2. The Hall–Kier alpha value is -5.26. The Labute approximate surface area is 391 Å². The quantitative estimate of drug-likeness (QED) is 0.0409. The molecule has 4 aromatic rings. The summed E-state index contributed by atoms with van der Waals surface area (Å²) < 4.78 is 31.5. The fourth-order valence-corrected chi connectivity index (χ4v) is 10.4. The minimum absolute atomic E-state index is 0.000643. The Kier molecular flexibility index (Phi) is 16.9. The third-order valence-corrected chi connectivity index (χ3v) is 14.1. The number of fused-ring (bicyclic) bond motifs is 2. The van der Waals surface area contributed by atoms with Crippen LogP contribution < -0.4 is 26.2 Å². The highest BCUT2D eigenvalue weighted by Gasteiger charge is 2.35. The molecule has 5 N–H and O–H groups in total. The number of aryl methyl sites for hydroxylation is 3. The molecule has 0 radical (unpaired) electrons. The Morgan fingerprint density at radius 3 is 2.39 bits per heavy atom. The van der Waals surface area contributed by atoms with E-state index < -0.39 is 12.3 Å². The third kappa shape index (κ3) is 12.0. The van der Waals surface area contributed by atoms with Gasteiger partial charge in [0.05, 0.1) is 19.1 Å².